The SMILES string of the molecule is CCNCCCNCCC1CCC1. The van der Waals surface area contributed by atoms with E-state index in [1.165, 1.54) is 45.2 Å². The minimum atomic E-state index is 1.06. The second-order valence-electron chi connectivity index (χ2n) is 4.04. The maximum Gasteiger partial charge on any atom is -0.00368 e. The van der Waals surface area contributed by atoms with Gasteiger partial charge in [0.15, 0.2) is 0 Å². The standard InChI is InChI=1S/C11H24N2/c1-2-12-8-4-9-13-10-7-11-5-3-6-11/h11-13H,2-10H2,1H3. The van der Waals surface area contributed by atoms with Crippen LogP contribution in [-0.2, 0) is 0 Å². The molecule has 0 aromatic heterocycles. The zero-order valence-electron chi connectivity index (χ0n) is 8.94. The van der Waals surface area contributed by atoms with Crippen LogP contribution in [0.4, 0.5) is 0 Å². The van der Waals surface area contributed by atoms with E-state index in [-0.39, 0.29) is 0 Å². The van der Waals surface area contributed by atoms with Gasteiger partial charge in [-0.25, -0.2) is 0 Å². The molecule has 0 unspecified atom stereocenters. The minimum Gasteiger partial charge on any atom is -0.317 e. The van der Waals surface area contributed by atoms with Gasteiger partial charge < -0.3 is 10.6 Å². The van der Waals surface area contributed by atoms with Crippen molar-refractivity contribution >= 4 is 0 Å². The summed E-state index contributed by atoms with van der Waals surface area (Å²) in [6.45, 7) is 6.83. The number of nitrogens with one attached hydrogen (secondary N) is 2. The summed E-state index contributed by atoms with van der Waals surface area (Å²) in [5.41, 5.74) is 0. The van der Waals surface area contributed by atoms with Crippen LogP contribution in [0.1, 0.15) is 39.0 Å². The second-order valence-corrected chi connectivity index (χ2v) is 4.04. The Morgan fingerprint density at radius 2 is 1.85 bits per heavy atom. The third-order valence-corrected chi connectivity index (χ3v) is 2.91. The normalized spacial score (nSPS) is 17.3. The van der Waals surface area contributed by atoms with Crippen molar-refractivity contribution < 1.29 is 0 Å². The summed E-state index contributed by atoms with van der Waals surface area (Å²) < 4.78 is 0. The van der Waals surface area contributed by atoms with E-state index in [9.17, 15) is 0 Å². The van der Waals surface area contributed by atoms with Gasteiger partial charge in [0, 0.05) is 0 Å². The summed E-state index contributed by atoms with van der Waals surface area (Å²) in [4.78, 5) is 0. The molecular formula is C11H24N2. The predicted molar refractivity (Wildman–Crippen MR) is 58.0 cm³/mol. The molecule has 0 heterocycles. The Labute approximate surface area is 82.5 Å². The topological polar surface area (TPSA) is 24.1 Å². The van der Waals surface area contributed by atoms with Crippen LogP contribution in [0.5, 0.6) is 0 Å². The monoisotopic (exact) mass is 184 g/mol. The van der Waals surface area contributed by atoms with Gasteiger partial charge in [-0.15, -0.1) is 0 Å². The summed E-state index contributed by atoms with van der Waals surface area (Å²) in [5, 5.41) is 6.83. The van der Waals surface area contributed by atoms with Crippen LogP contribution in [0.3, 0.4) is 0 Å². The van der Waals surface area contributed by atoms with Crippen LogP contribution in [0.15, 0.2) is 0 Å². The lowest BCUT2D eigenvalue weighted by Crippen LogP contribution is -2.25. The van der Waals surface area contributed by atoms with E-state index in [2.05, 4.69) is 17.6 Å². The molecule has 2 nitrogen and oxygen atoms in total. The lowest BCUT2D eigenvalue weighted by Gasteiger charge is -2.25. The van der Waals surface area contributed by atoms with Gasteiger partial charge >= 0.3 is 0 Å². The minimum absolute atomic E-state index is 1.06. The van der Waals surface area contributed by atoms with Gasteiger partial charge in [-0.1, -0.05) is 26.2 Å². The van der Waals surface area contributed by atoms with Gasteiger partial charge in [0.25, 0.3) is 0 Å². The van der Waals surface area contributed by atoms with Crippen molar-refractivity contribution in [2.45, 2.75) is 39.0 Å². The maximum atomic E-state index is 3.50. The third kappa shape index (κ3) is 5.27. The first-order valence-corrected chi connectivity index (χ1v) is 5.85. The van der Waals surface area contributed by atoms with Crippen LogP contribution in [-0.4, -0.2) is 26.2 Å². The fraction of sp³-hybridized carbons (Fsp3) is 1.00. The summed E-state index contributed by atoms with van der Waals surface area (Å²) in [7, 11) is 0. The van der Waals surface area contributed by atoms with E-state index in [4.69, 9.17) is 0 Å². The van der Waals surface area contributed by atoms with Crippen molar-refractivity contribution in [2.24, 2.45) is 5.92 Å². The van der Waals surface area contributed by atoms with Crippen LogP contribution < -0.4 is 10.6 Å². The van der Waals surface area contributed by atoms with E-state index >= 15 is 0 Å². The van der Waals surface area contributed by atoms with E-state index in [0.29, 0.717) is 0 Å². The highest BCUT2D eigenvalue weighted by atomic mass is 14.9. The fourth-order valence-electron chi connectivity index (χ4n) is 1.73. The van der Waals surface area contributed by atoms with Crippen LogP contribution in [0.25, 0.3) is 0 Å². The smallest absolute Gasteiger partial charge is 0.00368 e. The number of rotatable bonds is 8. The van der Waals surface area contributed by atoms with Crippen LogP contribution >= 0.6 is 0 Å². The molecule has 0 spiro atoms. The molecule has 1 saturated carbocycles. The van der Waals surface area contributed by atoms with E-state index in [1.807, 2.05) is 0 Å². The average molecular weight is 184 g/mol. The third-order valence-electron chi connectivity index (χ3n) is 2.91. The van der Waals surface area contributed by atoms with Gasteiger partial charge in [-0.2, -0.15) is 0 Å². The maximum absolute atomic E-state index is 3.50. The molecule has 2 heteroatoms. The molecule has 0 bridgehead atoms. The summed E-state index contributed by atoms with van der Waals surface area (Å²) >= 11 is 0. The molecule has 1 fully saturated rings. The molecule has 0 saturated heterocycles. The van der Waals surface area contributed by atoms with Crippen molar-refractivity contribution in [3.63, 3.8) is 0 Å². The quantitative estimate of drug-likeness (QED) is 0.562. The average Bonchev–Trinajstić information content (AvgIpc) is 2.07. The molecule has 78 valence electrons. The molecule has 2 N–H and O–H groups in total. The van der Waals surface area contributed by atoms with Gasteiger partial charge in [0.05, 0.1) is 0 Å². The molecular weight excluding hydrogens is 160 g/mol. The molecule has 1 aliphatic carbocycles. The number of hydrogen-bond donors (Lipinski definition) is 2. The molecule has 13 heavy (non-hydrogen) atoms. The Morgan fingerprint density at radius 3 is 2.46 bits per heavy atom. The van der Waals surface area contributed by atoms with E-state index in [0.717, 1.165) is 19.0 Å². The van der Waals surface area contributed by atoms with Gasteiger partial charge in [0.2, 0.25) is 0 Å². The predicted octanol–water partition coefficient (Wildman–Crippen LogP) is 1.77. The van der Waals surface area contributed by atoms with Crippen LogP contribution in [0, 0.1) is 5.92 Å². The first kappa shape index (κ1) is 11.0. The molecule has 0 atom stereocenters. The fourth-order valence-corrected chi connectivity index (χ4v) is 1.73. The van der Waals surface area contributed by atoms with Crippen molar-refractivity contribution in [2.75, 3.05) is 26.2 Å². The lowest BCUT2D eigenvalue weighted by atomic mass is 9.83. The second kappa shape index (κ2) is 7.34. The highest BCUT2D eigenvalue weighted by Gasteiger charge is 2.15. The Balaban J connectivity index is 1.68. The largest absolute Gasteiger partial charge is 0.317 e. The summed E-state index contributed by atoms with van der Waals surface area (Å²) in [6.07, 6.45) is 7.11. The summed E-state index contributed by atoms with van der Waals surface area (Å²) in [6, 6.07) is 0. The summed E-state index contributed by atoms with van der Waals surface area (Å²) in [5.74, 6) is 1.06. The Bertz CT molecular complexity index is 111. The molecule has 0 aliphatic heterocycles. The molecule has 0 radical (unpaired) electrons. The van der Waals surface area contributed by atoms with Crippen molar-refractivity contribution in [3.05, 3.63) is 0 Å². The molecule has 0 aromatic carbocycles. The Morgan fingerprint density at radius 1 is 1.08 bits per heavy atom. The molecule has 1 rings (SSSR count). The van der Waals surface area contributed by atoms with Crippen LogP contribution in [0.2, 0.25) is 0 Å². The van der Waals surface area contributed by atoms with Gasteiger partial charge in [-0.05, 0) is 44.9 Å². The molecule has 0 amide bonds. The first-order chi connectivity index (χ1) is 6.43. The number of hydrogen-bond acceptors (Lipinski definition) is 2. The van der Waals surface area contributed by atoms with Crippen molar-refractivity contribution in [1.82, 2.24) is 10.6 Å². The zero-order valence-corrected chi connectivity index (χ0v) is 8.94. The Hall–Kier alpha value is -0.0800. The molecule has 1 aliphatic rings. The zero-order chi connectivity index (χ0) is 9.36. The first-order valence-electron chi connectivity index (χ1n) is 5.85. The van der Waals surface area contributed by atoms with E-state index in [1.54, 1.807) is 0 Å². The highest BCUT2D eigenvalue weighted by Crippen LogP contribution is 2.28. The van der Waals surface area contributed by atoms with Gasteiger partial charge in [0.1, 0.15) is 0 Å². The van der Waals surface area contributed by atoms with Gasteiger partial charge in [-0.3, -0.25) is 0 Å². The Kier molecular flexibility index (Phi) is 6.21. The molecule has 0 aromatic rings. The van der Waals surface area contributed by atoms with E-state index < -0.39 is 0 Å². The van der Waals surface area contributed by atoms with Crippen molar-refractivity contribution in [3.8, 4) is 0 Å². The highest BCUT2D eigenvalue weighted by molar-refractivity contribution is 4.70. The lowest BCUT2D eigenvalue weighted by molar-refractivity contribution is 0.292. The van der Waals surface area contributed by atoms with Crippen molar-refractivity contribution in [1.29, 1.82) is 0 Å².